The molecule has 108 valence electrons. The highest BCUT2D eigenvalue weighted by Gasteiger charge is 2.30. The Kier molecular flexibility index (Phi) is 6.29. The van der Waals surface area contributed by atoms with E-state index in [0.29, 0.717) is 0 Å². The summed E-state index contributed by atoms with van der Waals surface area (Å²) in [6.45, 7) is 7.88. The Hall–Kier alpha value is -0.620. The lowest BCUT2D eigenvalue weighted by atomic mass is 9.88. The zero-order valence-corrected chi connectivity index (χ0v) is 13.0. The molecular formula is C12H25NO4S. The molecule has 0 aromatic heterocycles. The second-order valence-electron chi connectivity index (χ2n) is 5.55. The molecule has 0 spiro atoms. The van der Waals surface area contributed by atoms with Crippen LogP contribution in [0.2, 0.25) is 0 Å². The lowest BCUT2D eigenvalue weighted by molar-refractivity contribution is -0.140. The van der Waals surface area contributed by atoms with Crippen LogP contribution in [0.15, 0.2) is 0 Å². The monoisotopic (exact) mass is 279 g/mol. The SMILES string of the molecule is COC(=O)CCCS(=O)(=O)N(C)C(C)C(C)(C)C. The molecule has 0 aliphatic carbocycles. The lowest BCUT2D eigenvalue weighted by Crippen LogP contribution is -2.43. The summed E-state index contributed by atoms with van der Waals surface area (Å²) in [5.74, 6) is -0.407. The number of rotatable bonds is 6. The van der Waals surface area contributed by atoms with Gasteiger partial charge in [-0.1, -0.05) is 20.8 Å². The zero-order chi connectivity index (χ0) is 14.6. The first kappa shape index (κ1) is 17.4. The van der Waals surface area contributed by atoms with Gasteiger partial charge in [-0.3, -0.25) is 4.79 Å². The van der Waals surface area contributed by atoms with Crippen LogP contribution in [0.25, 0.3) is 0 Å². The maximum atomic E-state index is 12.1. The van der Waals surface area contributed by atoms with Crippen molar-refractivity contribution in [2.75, 3.05) is 19.9 Å². The summed E-state index contributed by atoms with van der Waals surface area (Å²) in [5, 5.41) is 0. The summed E-state index contributed by atoms with van der Waals surface area (Å²) in [6.07, 6.45) is 0.420. The smallest absolute Gasteiger partial charge is 0.305 e. The Morgan fingerprint density at radius 2 is 1.83 bits per heavy atom. The van der Waals surface area contributed by atoms with Gasteiger partial charge >= 0.3 is 5.97 Å². The molecule has 1 unspecified atom stereocenters. The Morgan fingerprint density at radius 1 is 1.33 bits per heavy atom. The van der Waals surface area contributed by atoms with Gasteiger partial charge in [0.1, 0.15) is 0 Å². The topological polar surface area (TPSA) is 63.7 Å². The van der Waals surface area contributed by atoms with Crippen LogP contribution in [0.5, 0.6) is 0 Å². The van der Waals surface area contributed by atoms with E-state index in [0.717, 1.165) is 0 Å². The quantitative estimate of drug-likeness (QED) is 0.693. The number of esters is 1. The fourth-order valence-corrected chi connectivity index (χ4v) is 3.03. The van der Waals surface area contributed by atoms with Crippen molar-refractivity contribution in [2.24, 2.45) is 5.41 Å². The molecule has 0 heterocycles. The van der Waals surface area contributed by atoms with Gasteiger partial charge in [0.2, 0.25) is 10.0 Å². The average Bonchev–Trinajstić information content (AvgIpc) is 2.25. The molecule has 0 fully saturated rings. The van der Waals surface area contributed by atoms with Crippen LogP contribution in [-0.2, 0) is 19.6 Å². The van der Waals surface area contributed by atoms with Crippen molar-refractivity contribution in [1.82, 2.24) is 4.31 Å². The molecule has 0 saturated carbocycles. The van der Waals surface area contributed by atoms with Gasteiger partial charge in [0, 0.05) is 19.5 Å². The number of hydrogen-bond donors (Lipinski definition) is 0. The van der Waals surface area contributed by atoms with Crippen LogP contribution in [0.1, 0.15) is 40.5 Å². The number of methoxy groups -OCH3 is 1. The van der Waals surface area contributed by atoms with E-state index in [-0.39, 0.29) is 36.0 Å². The minimum Gasteiger partial charge on any atom is -0.469 e. The third kappa shape index (κ3) is 5.35. The fourth-order valence-electron chi connectivity index (χ4n) is 1.43. The molecule has 0 aromatic rings. The van der Waals surface area contributed by atoms with Gasteiger partial charge in [0.15, 0.2) is 0 Å². The molecule has 18 heavy (non-hydrogen) atoms. The molecular weight excluding hydrogens is 254 g/mol. The Balaban J connectivity index is 4.51. The van der Waals surface area contributed by atoms with E-state index >= 15 is 0 Å². The van der Waals surface area contributed by atoms with Crippen molar-refractivity contribution < 1.29 is 17.9 Å². The van der Waals surface area contributed by atoms with Gasteiger partial charge in [-0.2, -0.15) is 0 Å². The number of carbonyl (C=O) groups is 1. The summed E-state index contributed by atoms with van der Waals surface area (Å²) >= 11 is 0. The van der Waals surface area contributed by atoms with E-state index in [2.05, 4.69) is 4.74 Å². The maximum absolute atomic E-state index is 12.1. The van der Waals surface area contributed by atoms with E-state index in [4.69, 9.17) is 0 Å². The number of sulfonamides is 1. The molecule has 6 heteroatoms. The number of ether oxygens (including phenoxy) is 1. The van der Waals surface area contributed by atoms with E-state index in [1.54, 1.807) is 7.05 Å². The summed E-state index contributed by atoms with van der Waals surface area (Å²) in [5.41, 5.74) is -0.121. The Bertz CT molecular complexity index is 370. The van der Waals surface area contributed by atoms with Crippen LogP contribution in [-0.4, -0.2) is 44.6 Å². The minimum absolute atomic E-state index is 0.0287. The highest BCUT2D eigenvalue weighted by Crippen LogP contribution is 2.25. The zero-order valence-electron chi connectivity index (χ0n) is 12.2. The van der Waals surface area contributed by atoms with E-state index < -0.39 is 10.0 Å². The highest BCUT2D eigenvalue weighted by molar-refractivity contribution is 7.89. The Labute approximate surface area is 111 Å². The molecule has 0 saturated heterocycles. The standard InChI is InChI=1S/C12H25NO4S/c1-10(12(2,3)4)13(5)18(15,16)9-7-8-11(14)17-6/h10H,7-9H2,1-6H3. The normalized spacial score (nSPS) is 14.6. The van der Waals surface area contributed by atoms with Crippen molar-refractivity contribution in [2.45, 2.75) is 46.6 Å². The third-order valence-corrected chi connectivity index (χ3v) is 5.25. The average molecular weight is 279 g/mol. The number of hydrogen-bond acceptors (Lipinski definition) is 4. The van der Waals surface area contributed by atoms with Crippen molar-refractivity contribution in [3.63, 3.8) is 0 Å². The van der Waals surface area contributed by atoms with Crippen LogP contribution >= 0.6 is 0 Å². The van der Waals surface area contributed by atoms with Crippen LogP contribution < -0.4 is 0 Å². The third-order valence-electron chi connectivity index (χ3n) is 3.25. The molecule has 0 radical (unpaired) electrons. The molecule has 0 N–H and O–H groups in total. The number of carbonyl (C=O) groups excluding carboxylic acids is 1. The fraction of sp³-hybridized carbons (Fsp3) is 0.917. The molecule has 0 aliphatic heterocycles. The largest absolute Gasteiger partial charge is 0.469 e. The van der Waals surface area contributed by atoms with E-state index in [1.165, 1.54) is 11.4 Å². The summed E-state index contributed by atoms with van der Waals surface area (Å²) < 4.78 is 30.0. The second kappa shape index (κ2) is 6.52. The molecule has 0 bridgehead atoms. The lowest BCUT2D eigenvalue weighted by Gasteiger charge is -2.34. The minimum atomic E-state index is -3.32. The molecule has 5 nitrogen and oxygen atoms in total. The van der Waals surface area contributed by atoms with Crippen molar-refractivity contribution >= 4 is 16.0 Å². The molecule has 1 atom stereocenters. The summed E-state index contributed by atoms with van der Waals surface area (Å²) in [7, 11) is -0.438. The van der Waals surface area contributed by atoms with Crippen LogP contribution in [0, 0.1) is 5.41 Å². The maximum Gasteiger partial charge on any atom is 0.305 e. The predicted molar refractivity (Wildman–Crippen MR) is 71.7 cm³/mol. The predicted octanol–water partition coefficient (Wildman–Crippen LogP) is 1.64. The first-order valence-corrected chi connectivity index (χ1v) is 7.66. The first-order valence-electron chi connectivity index (χ1n) is 6.05. The molecule has 0 aromatic carbocycles. The van der Waals surface area contributed by atoms with Gasteiger partial charge in [-0.15, -0.1) is 0 Å². The summed E-state index contributed by atoms with van der Waals surface area (Å²) in [6, 6.07) is -0.0966. The molecule has 0 rings (SSSR count). The van der Waals surface area contributed by atoms with Crippen molar-refractivity contribution in [3.05, 3.63) is 0 Å². The van der Waals surface area contributed by atoms with Gasteiger partial charge < -0.3 is 4.74 Å². The van der Waals surface area contributed by atoms with Crippen LogP contribution in [0.4, 0.5) is 0 Å². The molecule has 0 aliphatic rings. The molecule has 0 amide bonds. The van der Waals surface area contributed by atoms with E-state index in [9.17, 15) is 13.2 Å². The number of nitrogens with zero attached hydrogens (tertiary/aromatic N) is 1. The first-order chi connectivity index (χ1) is 8.02. The van der Waals surface area contributed by atoms with Gasteiger partial charge in [0.25, 0.3) is 0 Å². The van der Waals surface area contributed by atoms with Gasteiger partial charge in [-0.25, -0.2) is 12.7 Å². The summed E-state index contributed by atoms with van der Waals surface area (Å²) in [4.78, 5) is 10.9. The van der Waals surface area contributed by atoms with Crippen LogP contribution in [0.3, 0.4) is 0 Å². The van der Waals surface area contributed by atoms with Crippen molar-refractivity contribution in [3.8, 4) is 0 Å². The van der Waals surface area contributed by atoms with Gasteiger partial charge in [-0.05, 0) is 18.8 Å². The van der Waals surface area contributed by atoms with E-state index in [1.807, 2.05) is 27.7 Å². The Morgan fingerprint density at radius 3 is 2.22 bits per heavy atom. The van der Waals surface area contributed by atoms with Crippen molar-refractivity contribution in [1.29, 1.82) is 0 Å². The second-order valence-corrected chi connectivity index (χ2v) is 7.70. The highest BCUT2D eigenvalue weighted by atomic mass is 32.2. The van der Waals surface area contributed by atoms with Gasteiger partial charge in [0.05, 0.1) is 12.9 Å².